The van der Waals surface area contributed by atoms with Gasteiger partial charge in [-0.25, -0.2) is 0 Å². The van der Waals surface area contributed by atoms with Crippen LogP contribution in [0.4, 0.5) is 13.2 Å². The van der Waals surface area contributed by atoms with E-state index in [-0.39, 0.29) is 11.5 Å². The Kier molecular flexibility index (Phi) is 6.65. The Balaban J connectivity index is 1.52. The largest absolute Gasteiger partial charge is 0.573 e. The fourth-order valence-corrected chi connectivity index (χ4v) is 2.93. The maximum Gasteiger partial charge on any atom is 0.573 e. The lowest BCUT2D eigenvalue weighted by Crippen LogP contribution is -2.16. The summed E-state index contributed by atoms with van der Waals surface area (Å²) in [7, 11) is 0. The highest BCUT2D eigenvalue weighted by molar-refractivity contribution is 5.67. The number of ether oxygens (including phenoxy) is 2. The molecule has 152 valence electrons. The molecule has 6 heteroatoms. The van der Waals surface area contributed by atoms with Crippen LogP contribution in [0.3, 0.4) is 0 Å². The summed E-state index contributed by atoms with van der Waals surface area (Å²) in [5.74, 6) is 0.0765. The van der Waals surface area contributed by atoms with Crippen LogP contribution >= 0.6 is 0 Å². The van der Waals surface area contributed by atoms with Gasteiger partial charge in [-0.1, -0.05) is 48.5 Å². The number of alkyl halides is 3. The van der Waals surface area contributed by atoms with E-state index in [0.29, 0.717) is 23.5 Å². The average molecular weight is 402 g/mol. The molecule has 0 spiro atoms. The van der Waals surface area contributed by atoms with Crippen LogP contribution in [0.1, 0.15) is 18.4 Å². The summed E-state index contributed by atoms with van der Waals surface area (Å²) >= 11 is 0. The molecule has 0 radical (unpaired) electrons. The SMILES string of the molecule is Oc1cc(-c2ccc(OC(F)(F)F)cc2)ccc1OCCCCc1ccccc1. The highest BCUT2D eigenvalue weighted by Crippen LogP contribution is 2.33. The van der Waals surface area contributed by atoms with E-state index in [1.54, 1.807) is 12.1 Å². The van der Waals surface area contributed by atoms with Gasteiger partial charge in [-0.3, -0.25) is 0 Å². The second-order valence-corrected chi connectivity index (χ2v) is 6.55. The summed E-state index contributed by atoms with van der Waals surface area (Å²) in [5, 5.41) is 10.2. The molecule has 0 aliphatic carbocycles. The van der Waals surface area contributed by atoms with Gasteiger partial charge in [0.2, 0.25) is 0 Å². The molecule has 0 aliphatic rings. The van der Waals surface area contributed by atoms with Crippen molar-refractivity contribution >= 4 is 0 Å². The van der Waals surface area contributed by atoms with Crippen molar-refractivity contribution in [2.75, 3.05) is 6.61 Å². The molecular weight excluding hydrogens is 381 g/mol. The summed E-state index contributed by atoms with van der Waals surface area (Å²) in [6.07, 6.45) is -1.91. The van der Waals surface area contributed by atoms with Gasteiger partial charge in [-0.05, 0) is 60.2 Å². The van der Waals surface area contributed by atoms with Gasteiger partial charge in [-0.2, -0.15) is 0 Å². The molecule has 0 saturated heterocycles. The maximum absolute atomic E-state index is 12.2. The van der Waals surface area contributed by atoms with Crippen LogP contribution in [-0.2, 0) is 6.42 Å². The predicted octanol–water partition coefficient (Wildman–Crippen LogP) is 6.36. The van der Waals surface area contributed by atoms with Crippen molar-refractivity contribution in [2.45, 2.75) is 25.6 Å². The summed E-state index contributed by atoms with van der Waals surface area (Å²) in [6.45, 7) is 0.489. The topological polar surface area (TPSA) is 38.7 Å². The van der Waals surface area contributed by atoms with Crippen LogP contribution in [0.5, 0.6) is 17.2 Å². The van der Waals surface area contributed by atoms with Gasteiger partial charge in [-0.15, -0.1) is 13.2 Å². The minimum absolute atomic E-state index is 0.0128. The fourth-order valence-electron chi connectivity index (χ4n) is 2.93. The van der Waals surface area contributed by atoms with Gasteiger partial charge in [0.15, 0.2) is 11.5 Å². The van der Waals surface area contributed by atoms with E-state index in [0.717, 1.165) is 19.3 Å². The molecule has 29 heavy (non-hydrogen) atoms. The number of aryl methyl sites for hydroxylation is 1. The molecule has 0 fully saturated rings. The zero-order valence-corrected chi connectivity index (χ0v) is 15.7. The molecular formula is C23H21F3O3. The van der Waals surface area contributed by atoms with Gasteiger partial charge < -0.3 is 14.6 Å². The minimum Gasteiger partial charge on any atom is -0.504 e. The molecule has 0 bridgehead atoms. The maximum atomic E-state index is 12.2. The van der Waals surface area contributed by atoms with E-state index in [9.17, 15) is 18.3 Å². The first kappa shape index (κ1) is 20.6. The van der Waals surface area contributed by atoms with Crippen LogP contribution in [-0.4, -0.2) is 18.1 Å². The minimum atomic E-state index is -4.72. The van der Waals surface area contributed by atoms with E-state index in [1.165, 1.54) is 35.9 Å². The number of phenols is 1. The van der Waals surface area contributed by atoms with Crippen molar-refractivity contribution in [1.29, 1.82) is 0 Å². The number of unbranched alkanes of at least 4 members (excludes halogenated alkanes) is 1. The first-order valence-corrected chi connectivity index (χ1v) is 9.27. The fraction of sp³-hybridized carbons (Fsp3) is 0.217. The molecule has 0 aliphatic heterocycles. The molecule has 0 unspecified atom stereocenters. The summed E-state index contributed by atoms with van der Waals surface area (Å²) in [5.41, 5.74) is 2.60. The van der Waals surface area contributed by atoms with Crippen LogP contribution < -0.4 is 9.47 Å². The first-order chi connectivity index (χ1) is 13.9. The molecule has 3 aromatic carbocycles. The molecule has 3 rings (SSSR count). The van der Waals surface area contributed by atoms with Gasteiger partial charge in [0.25, 0.3) is 0 Å². The second-order valence-electron chi connectivity index (χ2n) is 6.55. The third-order valence-electron chi connectivity index (χ3n) is 4.34. The summed E-state index contributed by atoms with van der Waals surface area (Å²) < 4.78 is 46.2. The zero-order chi connectivity index (χ0) is 20.7. The lowest BCUT2D eigenvalue weighted by atomic mass is 10.1. The van der Waals surface area contributed by atoms with Crippen molar-refractivity contribution in [3.8, 4) is 28.4 Å². The Hall–Kier alpha value is -3.15. The van der Waals surface area contributed by atoms with Gasteiger partial charge in [0.05, 0.1) is 6.61 Å². The number of hydrogen-bond donors (Lipinski definition) is 1. The number of aromatic hydroxyl groups is 1. The Morgan fingerprint density at radius 1 is 0.793 bits per heavy atom. The molecule has 0 atom stereocenters. The van der Waals surface area contributed by atoms with E-state index in [4.69, 9.17) is 4.74 Å². The third kappa shape index (κ3) is 6.45. The third-order valence-corrected chi connectivity index (χ3v) is 4.34. The van der Waals surface area contributed by atoms with Crippen LogP contribution in [0, 0.1) is 0 Å². The van der Waals surface area contributed by atoms with E-state index >= 15 is 0 Å². The zero-order valence-electron chi connectivity index (χ0n) is 15.7. The van der Waals surface area contributed by atoms with Crippen molar-refractivity contribution in [3.63, 3.8) is 0 Å². The first-order valence-electron chi connectivity index (χ1n) is 9.27. The van der Waals surface area contributed by atoms with E-state index < -0.39 is 6.36 Å². The van der Waals surface area contributed by atoms with Crippen LogP contribution in [0.15, 0.2) is 72.8 Å². The Morgan fingerprint density at radius 3 is 2.14 bits per heavy atom. The van der Waals surface area contributed by atoms with Gasteiger partial charge >= 0.3 is 6.36 Å². The van der Waals surface area contributed by atoms with Crippen LogP contribution in [0.2, 0.25) is 0 Å². The van der Waals surface area contributed by atoms with Crippen molar-refractivity contribution in [3.05, 3.63) is 78.4 Å². The quantitative estimate of drug-likeness (QED) is 0.446. The smallest absolute Gasteiger partial charge is 0.504 e. The number of phenolic OH excluding ortho intramolecular Hbond substituents is 1. The molecule has 3 nitrogen and oxygen atoms in total. The molecule has 3 aromatic rings. The average Bonchev–Trinajstić information content (AvgIpc) is 2.69. The molecule has 0 amide bonds. The lowest BCUT2D eigenvalue weighted by Gasteiger charge is -2.11. The Bertz CT molecular complexity index is 907. The summed E-state index contributed by atoms with van der Waals surface area (Å²) in [4.78, 5) is 0. The predicted molar refractivity (Wildman–Crippen MR) is 105 cm³/mol. The number of hydrogen-bond acceptors (Lipinski definition) is 3. The van der Waals surface area contributed by atoms with Crippen molar-refractivity contribution in [2.24, 2.45) is 0 Å². The Labute approximate surface area is 167 Å². The highest BCUT2D eigenvalue weighted by Gasteiger charge is 2.30. The van der Waals surface area contributed by atoms with Crippen LogP contribution in [0.25, 0.3) is 11.1 Å². The van der Waals surface area contributed by atoms with Gasteiger partial charge in [0.1, 0.15) is 5.75 Å². The Morgan fingerprint density at radius 2 is 1.48 bits per heavy atom. The van der Waals surface area contributed by atoms with E-state index in [2.05, 4.69) is 16.9 Å². The monoisotopic (exact) mass is 402 g/mol. The molecule has 0 heterocycles. The standard InChI is InChI=1S/C23H21F3O3/c24-23(25,26)29-20-12-9-18(10-13-20)19-11-14-22(21(27)16-19)28-15-5-4-8-17-6-2-1-3-7-17/h1-3,6-7,9-14,16,27H,4-5,8,15H2. The molecule has 0 saturated carbocycles. The summed E-state index contributed by atoms with van der Waals surface area (Å²) in [6, 6.07) is 20.6. The lowest BCUT2D eigenvalue weighted by molar-refractivity contribution is -0.274. The van der Waals surface area contributed by atoms with Gasteiger partial charge in [0, 0.05) is 0 Å². The number of rotatable bonds is 8. The normalized spacial score (nSPS) is 11.3. The highest BCUT2D eigenvalue weighted by atomic mass is 19.4. The number of benzene rings is 3. The molecule has 0 aromatic heterocycles. The second kappa shape index (κ2) is 9.37. The van der Waals surface area contributed by atoms with E-state index in [1.807, 2.05) is 18.2 Å². The van der Waals surface area contributed by atoms with Crippen molar-refractivity contribution in [1.82, 2.24) is 0 Å². The molecule has 1 N–H and O–H groups in total. The number of halogens is 3. The van der Waals surface area contributed by atoms with Crippen molar-refractivity contribution < 1.29 is 27.8 Å².